The molecule has 0 aliphatic rings. The molecule has 2 rings (SSSR count). The zero-order valence-electron chi connectivity index (χ0n) is 9.39. The highest BCUT2D eigenvalue weighted by molar-refractivity contribution is 5.16. The molecular weight excluding hydrogens is 200 g/mol. The van der Waals surface area contributed by atoms with Crippen molar-refractivity contribution in [3.05, 3.63) is 54.2 Å². The number of nitrogens with zero attached hydrogens (tertiary/aromatic N) is 1. The van der Waals surface area contributed by atoms with E-state index < -0.39 is 0 Å². The molecule has 0 amide bonds. The molecule has 1 N–H and O–H groups in total. The number of hydrogen-bond acceptors (Lipinski definition) is 3. The Morgan fingerprint density at radius 1 is 1.38 bits per heavy atom. The molecule has 1 atom stereocenters. The van der Waals surface area contributed by atoms with Crippen LogP contribution >= 0.6 is 0 Å². The summed E-state index contributed by atoms with van der Waals surface area (Å²) in [4.78, 5) is 4.15. The lowest BCUT2D eigenvalue weighted by atomic mass is 10.0. The Bertz CT molecular complexity index is 397. The van der Waals surface area contributed by atoms with Gasteiger partial charge in [-0.3, -0.25) is 4.98 Å². The number of pyridine rings is 1. The highest BCUT2D eigenvalue weighted by Gasteiger charge is 2.12. The zero-order valence-corrected chi connectivity index (χ0v) is 9.39. The van der Waals surface area contributed by atoms with Crippen molar-refractivity contribution in [2.24, 2.45) is 0 Å². The summed E-state index contributed by atoms with van der Waals surface area (Å²) in [7, 11) is 0. The van der Waals surface area contributed by atoms with Crippen LogP contribution in [0.4, 0.5) is 0 Å². The van der Waals surface area contributed by atoms with Gasteiger partial charge in [-0.2, -0.15) is 0 Å². The van der Waals surface area contributed by atoms with Crippen LogP contribution in [0.25, 0.3) is 0 Å². The highest BCUT2D eigenvalue weighted by atomic mass is 16.3. The molecule has 0 saturated carbocycles. The molecule has 0 aromatic carbocycles. The molecule has 0 aliphatic carbocycles. The molecule has 0 bridgehead atoms. The van der Waals surface area contributed by atoms with Gasteiger partial charge in [-0.05, 0) is 30.3 Å². The minimum absolute atomic E-state index is 0.268. The third-order valence-electron chi connectivity index (χ3n) is 2.52. The number of aromatic nitrogens is 1. The van der Waals surface area contributed by atoms with E-state index >= 15 is 0 Å². The van der Waals surface area contributed by atoms with Crippen LogP contribution in [0.3, 0.4) is 0 Å². The standard InChI is InChI=1S/C13H16N2O/c1-2-15-13(9-12-6-4-8-16-12)11-5-3-7-14-10-11/h3-8,10,13,15H,2,9H2,1H3. The van der Waals surface area contributed by atoms with Crippen molar-refractivity contribution in [2.75, 3.05) is 6.54 Å². The fraction of sp³-hybridized carbons (Fsp3) is 0.308. The first-order valence-corrected chi connectivity index (χ1v) is 5.56. The maximum atomic E-state index is 5.37. The maximum absolute atomic E-state index is 5.37. The predicted molar refractivity (Wildman–Crippen MR) is 63.1 cm³/mol. The fourth-order valence-electron chi connectivity index (χ4n) is 1.77. The molecule has 0 aliphatic heterocycles. The van der Waals surface area contributed by atoms with Gasteiger partial charge >= 0.3 is 0 Å². The molecule has 1 unspecified atom stereocenters. The molecule has 84 valence electrons. The van der Waals surface area contributed by atoms with Crippen molar-refractivity contribution >= 4 is 0 Å². The third-order valence-corrected chi connectivity index (χ3v) is 2.52. The molecule has 16 heavy (non-hydrogen) atoms. The Hall–Kier alpha value is -1.61. The predicted octanol–water partition coefficient (Wildman–Crippen LogP) is 2.57. The van der Waals surface area contributed by atoms with Crippen LogP contribution in [-0.4, -0.2) is 11.5 Å². The number of likely N-dealkylation sites (N-methyl/N-ethyl adjacent to an activating group) is 1. The normalized spacial score (nSPS) is 12.6. The second kappa shape index (κ2) is 5.47. The Balaban J connectivity index is 2.11. The van der Waals surface area contributed by atoms with Crippen molar-refractivity contribution in [1.82, 2.24) is 10.3 Å². The lowest BCUT2D eigenvalue weighted by Crippen LogP contribution is -2.22. The molecule has 0 saturated heterocycles. The molecule has 0 spiro atoms. The van der Waals surface area contributed by atoms with Crippen LogP contribution < -0.4 is 5.32 Å². The number of furan rings is 1. The van der Waals surface area contributed by atoms with Gasteiger partial charge in [0.1, 0.15) is 5.76 Å². The average molecular weight is 216 g/mol. The SMILES string of the molecule is CCNC(Cc1ccco1)c1cccnc1. The third kappa shape index (κ3) is 2.70. The summed E-state index contributed by atoms with van der Waals surface area (Å²) in [6.07, 6.45) is 6.25. The van der Waals surface area contributed by atoms with Gasteiger partial charge in [-0.1, -0.05) is 13.0 Å². The van der Waals surface area contributed by atoms with Crippen LogP contribution in [0.2, 0.25) is 0 Å². The van der Waals surface area contributed by atoms with Crippen molar-refractivity contribution in [3.8, 4) is 0 Å². The average Bonchev–Trinajstić information content (AvgIpc) is 2.83. The summed E-state index contributed by atoms with van der Waals surface area (Å²) in [5, 5.41) is 3.44. The van der Waals surface area contributed by atoms with E-state index in [0.29, 0.717) is 0 Å². The van der Waals surface area contributed by atoms with E-state index in [0.717, 1.165) is 18.7 Å². The van der Waals surface area contributed by atoms with Gasteiger partial charge in [-0.25, -0.2) is 0 Å². The van der Waals surface area contributed by atoms with E-state index in [1.54, 1.807) is 12.5 Å². The first-order chi connectivity index (χ1) is 7.90. The van der Waals surface area contributed by atoms with Gasteiger partial charge in [0.25, 0.3) is 0 Å². The monoisotopic (exact) mass is 216 g/mol. The Morgan fingerprint density at radius 2 is 2.31 bits per heavy atom. The van der Waals surface area contributed by atoms with Gasteiger partial charge in [0.2, 0.25) is 0 Å². The summed E-state index contributed by atoms with van der Waals surface area (Å²) in [6.45, 7) is 3.03. The van der Waals surface area contributed by atoms with Gasteiger partial charge in [0.05, 0.1) is 6.26 Å². The molecule has 0 fully saturated rings. The van der Waals surface area contributed by atoms with E-state index in [4.69, 9.17) is 4.42 Å². The summed E-state index contributed by atoms with van der Waals surface area (Å²) in [5.41, 5.74) is 1.20. The second-order valence-electron chi connectivity index (χ2n) is 3.68. The molecule has 3 heteroatoms. The largest absolute Gasteiger partial charge is 0.469 e. The molecular formula is C13H16N2O. The van der Waals surface area contributed by atoms with Crippen LogP contribution in [0.15, 0.2) is 47.3 Å². The van der Waals surface area contributed by atoms with Gasteiger partial charge in [0.15, 0.2) is 0 Å². The first kappa shape index (κ1) is 10.9. The fourth-order valence-corrected chi connectivity index (χ4v) is 1.77. The van der Waals surface area contributed by atoms with E-state index in [9.17, 15) is 0 Å². The van der Waals surface area contributed by atoms with Crippen molar-refractivity contribution in [1.29, 1.82) is 0 Å². The lowest BCUT2D eigenvalue weighted by Gasteiger charge is -2.16. The highest BCUT2D eigenvalue weighted by Crippen LogP contribution is 2.17. The quantitative estimate of drug-likeness (QED) is 0.834. The Labute approximate surface area is 95.5 Å². The summed E-state index contributed by atoms with van der Waals surface area (Å²) >= 11 is 0. The minimum Gasteiger partial charge on any atom is -0.469 e. The number of nitrogens with one attached hydrogen (secondary N) is 1. The van der Waals surface area contributed by atoms with Crippen LogP contribution in [0.1, 0.15) is 24.3 Å². The number of hydrogen-bond donors (Lipinski definition) is 1. The van der Waals surface area contributed by atoms with Crippen molar-refractivity contribution in [2.45, 2.75) is 19.4 Å². The van der Waals surface area contributed by atoms with Gasteiger partial charge in [-0.15, -0.1) is 0 Å². The number of rotatable bonds is 5. The minimum atomic E-state index is 0.268. The van der Waals surface area contributed by atoms with Gasteiger partial charge < -0.3 is 9.73 Å². The Morgan fingerprint density at radius 3 is 2.94 bits per heavy atom. The molecule has 0 radical (unpaired) electrons. The Kier molecular flexibility index (Phi) is 3.72. The molecule has 2 heterocycles. The van der Waals surface area contributed by atoms with Crippen molar-refractivity contribution < 1.29 is 4.42 Å². The van der Waals surface area contributed by atoms with Crippen molar-refractivity contribution in [3.63, 3.8) is 0 Å². The second-order valence-corrected chi connectivity index (χ2v) is 3.68. The lowest BCUT2D eigenvalue weighted by molar-refractivity contribution is 0.454. The summed E-state index contributed by atoms with van der Waals surface area (Å²) in [6, 6.07) is 8.23. The first-order valence-electron chi connectivity index (χ1n) is 5.56. The van der Waals surface area contributed by atoms with Crippen LogP contribution in [0.5, 0.6) is 0 Å². The molecule has 3 nitrogen and oxygen atoms in total. The molecule has 2 aromatic heterocycles. The van der Waals surface area contributed by atoms with E-state index in [-0.39, 0.29) is 6.04 Å². The van der Waals surface area contributed by atoms with Gasteiger partial charge in [0, 0.05) is 24.9 Å². The maximum Gasteiger partial charge on any atom is 0.105 e. The smallest absolute Gasteiger partial charge is 0.105 e. The van der Waals surface area contributed by atoms with E-state index in [2.05, 4.69) is 23.3 Å². The van der Waals surface area contributed by atoms with E-state index in [1.807, 2.05) is 24.4 Å². The van der Waals surface area contributed by atoms with Crippen LogP contribution in [-0.2, 0) is 6.42 Å². The zero-order chi connectivity index (χ0) is 11.2. The summed E-state index contributed by atoms with van der Waals surface area (Å²) in [5.74, 6) is 0.995. The van der Waals surface area contributed by atoms with Crippen LogP contribution in [0, 0.1) is 0 Å². The topological polar surface area (TPSA) is 38.1 Å². The van der Waals surface area contributed by atoms with E-state index in [1.165, 1.54) is 5.56 Å². The molecule has 2 aromatic rings. The summed E-state index contributed by atoms with van der Waals surface area (Å²) < 4.78 is 5.37.